The number of aliphatic carboxylic acids is 1. The van der Waals surface area contributed by atoms with E-state index in [1.807, 2.05) is 0 Å². The minimum Gasteiger partial charge on any atom is -0.481 e. The summed E-state index contributed by atoms with van der Waals surface area (Å²) in [5.74, 6) is -3.91. The zero-order valence-electron chi connectivity index (χ0n) is 20.4. The third-order valence-electron chi connectivity index (χ3n) is 6.14. The van der Waals surface area contributed by atoms with Gasteiger partial charge in [-0.05, 0) is 35.2 Å². The van der Waals surface area contributed by atoms with Crippen LogP contribution in [-0.4, -0.2) is 62.8 Å². The predicted octanol–water partition coefficient (Wildman–Crippen LogP) is 2.98. The number of amides is 3. The van der Waals surface area contributed by atoms with E-state index < -0.39 is 53.1 Å². The second-order valence-corrected chi connectivity index (χ2v) is 9.77. The summed E-state index contributed by atoms with van der Waals surface area (Å²) in [6, 6.07) is 12.4. The van der Waals surface area contributed by atoms with Crippen LogP contribution in [0.3, 0.4) is 0 Å². The number of thiophene rings is 1. The maximum Gasteiger partial charge on any atom is 0.305 e. The molecule has 1 aliphatic heterocycles. The molecule has 0 spiro atoms. The van der Waals surface area contributed by atoms with Crippen LogP contribution in [0.4, 0.5) is 10.1 Å². The van der Waals surface area contributed by atoms with E-state index in [0.717, 1.165) is 28.0 Å². The summed E-state index contributed by atoms with van der Waals surface area (Å²) in [6.07, 6.45) is -2.09. The van der Waals surface area contributed by atoms with Crippen molar-refractivity contribution >= 4 is 40.7 Å². The molecular weight excluding hydrogens is 531 g/mol. The largest absolute Gasteiger partial charge is 0.481 e. The molecule has 11 nitrogen and oxygen atoms in total. The van der Waals surface area contributed by atoms with Gasteiger partial charge in [0.2, 0.25) is 5.91 Å². The van der Waals surface area contributed by atoms with Crippen LogP contribution >= 0.6 is 11.3 Å². The summed E-state index contributed by atoms with van der Waals surface area (Å²) < 4.78 is 13.8. The third-order valence-corrected chi connectivity index (χ3v) is 7.02. The van der Waals surface area contributed by atoms with Gasteiger partial charge in [-0.1, -0.05) is 24.3 Å². The van der Waals surface area contributed by atoms with Crippen molar-refractivity contribution < 1.29 is 33.6 Å². The number of nitrogens with zero attached hydrogens (tertiary/aromatic N) is 3. The fraction of sp³-hybridized carbons (Fsp3) is 0.231. The molecule has 2 aromatic carbocycles. The number of hydrogen-bond donors (Lipinski definition) is 2. The number of carbonyl (C=O) groups excluding carboxylic acids is 3. The van der Waals surface area contributed by atoms with E-state index in [1.54, 1.807) is 17.5 Å². The molecule has 1 fully saturated rings. The van der Waals surface area contributed by atoms with Gasteiger partial charge in [0.15, 0.2) is 6.17 Å². The maximum absolute atomic E-state index is 13.8. The average Bonchev–Trinajstić information content (AvgIpc) is 3.58. The summed E-state index contributed by atoms with van der Waals surface area (Å²) in [6.45, 7) is -0.00617. The van der Waals surface area contributed by atoms with Gasteiger partial charge >= 0.3 is 5.97 Å². The first-order valence-corrected chi connectivity index (χ1v) is 12.7. The molecule has 39 heavy (non-hydrogen) atoms. The molecule has 0 saturated carbocycles. The monoisotopic (exact) mass is 554 g/mol. The van der Waals surface area contributed by atoms with Crippen molar-refractivity contribution in [3.05, 3.63) is 98.0 Å². The van der Waals surface area contributed by atoms with Gasteiger partial charge < -0.3 is 20.2 Å². The number of benzene rings is 2. The van der Waals surface area contributed by atoms with Crippen LogP contribution in [0.2, 0.25) is 0 Å². The number of nitro groups is 1. The number of nitrogens with one attached hydrogen (secondary N) is 1. The minimum absolute atomic E-state index is 0.0176. The number of rotatable bonds is 9. The van der Waals surface area contributed by atoms with Gasteiger partial charge in [0.05, 0.1) is 23.8 Å². The van der Waals surface area contributed by atoms with E-state index in [-0.39, 0.29) is 36.3 Å². The molecule has 2 N–H and O–H groups in total. The lowest BCUT2D eigenvalue weighted by Gasteiger charge is -2.31. The fourth-order valence-electron chi connectivity index (χ4n) is 4.36. The van der Waals surface area contributed by atoms with E-state index >= 15 is 0 Å². The topological polar surface area (TPSA) is 150 Å². The Morgan fingerprint density at radius 3 is 2.49 bits per heavy atom. The molecule has 1 saturated heterocycles. The molecule has 2 atom stereocenters. The summed E-state index contributed by atoms with van der Waals surface area (Å²) in [7, 11) is 0. The van der Waals surface area contributed by atoms with Crippen molar-refractivity contribution in [1.82, 2.24) is 15.1 Å². The molecule has 1 aliphatic rings. The highest BCUT2D eigenvalue weighted by atomic mass is 32.1. The lowest BCUT2D eigenvalue weighted by Crippen LogP contribution is -2.54. The predicted molar refractivity (Wildman–Crippen MR) is 137 cm³/mol. The van der Waals surface area contributed by atoms with Gasteiger partial charge in [-0.3, -0.25) is 29.3 Å². The van der Waals surface area contributed by atoms with Gasteiger partial charge in [0.25, 0.3) is 17.5 Å². The number of nitro benzene ring substituents is 1. The second-order valence-electron chi connectivity index (χ2n) is 8.74. The molecule has 3 amide bonds. The van der Waals surface area contributed by atoms with Crippen LogP contribution in [0.5, 0.6) is 0 Å². The Morgan fingerprint density at radius 1 is 1.08 bits per heavy atom. The zero-order chi connectivity index (χ0) is 28.1. The van der Waals surface area contributed by atoms with Crippen molar-refractivity contribution in [2.75, 3.05) is 13.1 Å². The van der Waals surface area contributed by atoms with Crippen molar-refractivity contribution in [1.29, 1.82) is 0 Å². The SMILES string of the molecule is O=C(O)CC(NC(=O)C1N(C(=O)Cc2cccs2)CCN1C(=O)c1cccc(F)c1)c1cccc([N+](=O)[O-])c1. The molecule has 2 unspecified atom stereocenters. The lowest BCUT2D eigenvalue weighted by atomic mass is 10.0. The van der Waals surface area contributed by atoms with Gasteiger partial charge in [0.1, 0.15) is 5.82 Å². The molecule has 202 valence electrons. The van der Waals surface area contributed by atoms with Crippen LogP contribution in [0.15, 0.2) is 66.0 Å². The summed E-state index contributed by atoms with van der Waals surface area (Å²) in [5.41, 5.74) is -0.160. The van der Waals surface area contributed by atoms with Crippen molar-refractivity contribution in [3.8, 4) is 0 Å². The molecule has 0 radical (unpaired) electrons. The first-order chi connectivity index (χ1) is 18.6. The standard InChI is InChI=1S/C26H23FN4O7S/c27-18-6-1-5-17(12-18)26(36)30-10-9-29(22(32)14-20-8-3-11-39-20)25(30)24(35)28-21(15-23(33)34)16-4-2-7-19(13-16)31(37)38/h1-8,11-13,21,25H,9-10,14-15H2,(H,28,35)(H,33,34). The van der Waals surface area contributed by atoms with E-state index in [4.69, 9.17) is 0 Å². The highest BCUT2D eigenvalue weighted by molar-refractivity contribution is 7.10. The number of halogens is 1. The number of carbonyl (C=O) groups is 4. The first-order valence-electron chi connectivity index (χ1n) is 11.8. The van der Waals surface area contributed by atoms with Gasteiger partial charge in [-0.2, -0.15) is 0 Å². The lowest BCUT2D eigenvalue weighted by molar-refractivity contribution is -0.384. The van der Waals surface area contributed by atoms with Gasteiger partial charge in [0, 0.05) is 35.7 Å². The molecule has 3 aromatic rings. The van der Waals surface area contributed by atoms with E-state index in [2.05, 4.69) is 5.32 Å². The smallest absolute Gasteiger partial charge is 0.305 e. The van der Waals surface area contributed by atoms with Crippen molar-refractivity contribution in [2.45, 2.75) is 25.0 Å². The second kappa shape index (κ2) is 11.8. The average molecular weight is 555 g/mol. The molecule has 1 aromatic heterocycles. The van der Waals surface area contributed by atoms with Crippen LogP contribution < -0.4 is 5.32 Å². The number of carboxylic acid groups (broad SMARTS) is 1. The van der Waals surface area contributed by atoms with Gasteiger partial charge in [-0.25, -0.2) is 4.39 Å². The molecular formula is C26H23FN4O7S. The minimum atomic E-state index is -1.46. The van der Waals surface area contributed by atoms with E-state index in [0.29, 0.717) is 0 Å². The highest BCUT2D eigenvalue weighted by Gasteiger charge is 2.43. The van der Waals surface area contributed by atoms with E-state index in [9.17, 15) is 38.8 Å². The zero-order valence-corrected chi connectivity index (χ0v) is 21.2. The molecule has 13 heteroatoms. The Morgan fingerprint density at radius 2 is 1.82 bits per heavy atom. The summed E-state index contributed by atoms with van der Waals surface area (Å²) in [4.78, 5) is 65.5. The van der Waals surface area contributed by atoms with Crippen LogP contribution in [-0.2, 0) is 20.8 Å². The Labute approximate surface area is 225 Å². The molecule has 0 aliphatic carbocycles. The Bertz CT molecular complexity index is 1410. The Hall–Kier alpha value is -4.65. The third kappa shape index (κ3) is 6.44. The van der Waals surface area contributed by atoms with Crippen molar-refractivity contribution in [2.24, 2.45) is 0 Å². The van der Waals surface area contributed by atoms with Crippen LogP contribution in [0.25, 0.3) is 0 Å². The van der Waals surface area contributed by atoms with Crippen molar-refractivity contribution in [3.63, 3.8) is 0 Å². The van der Waals surface area contributed by atoms with Crippen LogP contribution in [0, 0.1) is 15.9 Å². The van der Waals surface area contributed by atoms with Gasteiger partial charge in [-0.15, -0.1) is 11.3 Å². The Kier molecular flexibility index (Phi) is 8.30. The highest BCUT2D eigenvalue weighted by Crippen LogP contribution is 2.25. The number of hydrogen-bond acceptors (Lipinski definition) is 7. The molecule has 4 rings (SSSR count). The first kappa shape index (κ1) is 27.4. The van der Waals surface area contributed by atoms with Crippen LogP contribution in [0.1, 0.15) is 33.3 Å². The summed E-state index contributed by atoms with van der Waals surface area (Å²) in [5, 5.41) is 25.1. The fourth-order valence-corrected chi connectivity index (χ4v) is 5.06. The summed E-state index contributed by atoms with van der Waals surface area (Å²) >= 11 is 1.35. The number of non-ortho nitro benzene ring substituents is 1. The quantitative estimate of drug-likeness (QED) is 0.305. The molecule has 2 heterocycles. The van der Waals surface area contributed by atoms with E-state index in [1.165, 1.54) is 46.6 Å². The maximum atomic E-state index is 13.8. The normalized spacial score (nSPS) is 15.6. The Balaban J connectivity index is 1.66. The number of carboxylic acids is 1. The molecule has 0 bridgehead atoms.